The van der Waals surface area contributed by atoms with E-state index in [4.69, 9.17) is 4.74 Å². The van der Waals surface area contributed by atoms with E-state index < -0.39 is 0 Å². The Balaban J connectivity index is 1.76. The molecule has 0 spiro atoms. The highest BCUT2D eigenvalue weighted by molar-refractivity contribution is 9.10. The van der Waals surface area contributed by atoms with Gasteiger partial charge in [-0.05, 0) is 40.8 Å². The molecule has 1 nitrogen and oxygen atoms in total. The van der Waals surface area contributed by atoms with Gasteiger partial charge in [0.2, 0.25) is 0 Å². The molecule has 3 heteroatoms. The second kappa shape index (κ2) is 5.78. The number of ether oxygens (including phenoxy) is 1. The molecule has 1 aliphatic rings. The molecule has 0 bridgehead atoms. The third kappa shape index (κ3) is 3.10. The van der Waals surface area contributed by atoms with E-state index in [0.29, 0.717) is 4.83 Å². The van der Waals surface area contributed by atoms with E-state index in [0.717, 1.165) is 24.1 Å². The molecule has 0 saturated heterocycles. The van der Waals surface area contributed by atoms with E-state index in [9.17, 15) is 0 Å². The van der Waals surface area contributed by atoms with Gasteiger partial charge in [0.05, 0.1) is 13.2 Å². The predicted octanol–water partition coefficient (Wildman–Crippen LogP) is 5.16. The summed E-state index contributed by atoms with van der Waals surface area (Å²) in [5.74, 6) is 0. The minimum Gasteiger partial charge on any atom is -0.372 e. The Hall–Kier alpha value is -0.640. The van der Waals surface area contributed by atoms with Crippen LogP contribution in [-0.2, 0) is 24.4 Å². The number of rotatable bonds is 3. The van der Waals surface area contributed by atoms with Crippen LogP contribution in [0.25, 0.3) is 0 Å². The van der Waals surface area contributed by atoms with Crippen molar-refractivity contribution < 1.29 is 4.74 Å². The first-order chi connectivity index (χ1) is 9.22. The molecule has 1 atom stereocenters. The molecule has 2 aromatic carbocycles. The van der Waals surface area contributed by atoms with E-state index in [-0.39, 0.29) is 0 Å². The Morgan fingerprint density at radius 2 is 1.74 bits per heavy atom. The van der Waals surface area contributed by atoms with Crippen molar-refractivity contribution in [2.75, 3.05) is 0 Å². The Morgan fingerprint density at radius 1 is 1.00 bits per heavy atom. The van der Waals surface area contributed by atoms with Gasteiger partial charge in [0.25, 0.3) is 0 Å². The van der Waals surface area contributed by atoms with Gasteiger partial charge in [-0.2, -0.15) is 0 Å². The van der Waals surface area contributed by atoms with Crippen LogP contribution in [0.4, 0.5) is 0 Å². The number of hydrogen-bond acceptors (Lipinski definition) is 1. The minimum atomic E-state index is 0.347. The molecule has 1 heterocycles. The van der Waals surface area contributed by atoms with Crippen molar-refractivity contribution in [3.05, 3.63) is 69.2 Å². The number of alkyl halides is 1. The number of fused-ring (bicyclic) bond motifs is 1. The molecular formula is C16H14Br2O. The molecule has 0 saturated carbocycles. The van der Waals surface area contributed by atoms with Crippen LogP contribution >= 0.6 is 31.9 Å². The van der Waals surface area contributed by atoms with Crippen LogP contribution in [0, 0.1) is 0 Å². The van der Waals surface area contributed by atoms with Gasteiger partial charge in [-0.25, -0.2) is 0 Å². The van der Waals surface area contributed by atoms with E-state index in [1.54, 1.807) is 0 Å². The molecule has 0 fully saturated rings. The predicted molar refractivity (Wildman–Crippen MR) is 84.4 cm³/mol. The fourth-order valence-corrected chi connectivity index (χ4v) is 3.26. The molecule has 0 aromatic heterocycles. The summed E-state index contributed by atoms with van der Waals surface area (Å²) in [7, 11) is 0. The zero-order valence-corrected chi connectivity index (χ0v) is 13.6. The highest BCUT2D eigenvalue weighted by Gasteiger charge is 2.15. The standard InChI is InChI=1S/C16H14Br2O/c17-15-5-1-11(2-6-15)7-16(18)12-3-4-13-9-19-10-14(13)8-12/h1-6,8,16H,7,9-10H2. The van der Waals surface area contributed by atoms with Crippen LogP contribution in [0.1, 0.15) is 27.1 Å². The van der Waals surface area contributed by atoms with Crippen LogP contribution in [0.5, 0.6) is 0 Å². The monoisotopic (exact) mass is 380 g/mol. The molecule has 2 aromatic rings. The van der Waals surface area contributed by atoms with Crippen LogP contribution in [0.3, 0.4) is 0 Å². The van der Waals surface area contributed by atoms with Crippen LogP contribution in [0.2, 0.25) is 0 Å². The molecule has 3 rings (SSSR count). The largest absolute Gasteiger partial charge is 0.372 e. The zero-order valence-electron chi connectivity index (χ0n) is 10.4. The van der Waals surface area contributed by atoms with Gasteiger partial charge in [-0.3, -0.25) is 0 Å². The molecule has 19 heavy (non-hydrogen) atoms. The summed E-state index contributed by atoms with van der Waals surface area (Å²) in [5, 5.41) is 0. The average Bonchev–Trinajstić information content (AvgIpc) is 2.88. The quantitative estimate of drug-likeness (QED) is 0.667. The Morgan fingerprint density at radius 3 is 2.53 bits per heavy atom. The minimum absolute atomic E-state index is 0.347. The van der Waals surface area contributed by atoms with Gasteiger partial charge in [0.1, 0.15) is 0 Å². The maximum absolute atomic E-state index is 5.46. The van der Waals surface area contributed by atoms with Gasteiger partial charge in [0.15, 0.2) is 0 Å². The van der Waals surface area contributed by atoms with E-state index >= 15 is 0 Å². The molecule has 0 aliphatic carbocycles. The molecule has 98 valence electrons. The number of halogens is 2. The highest BCUT2D eigenvalue weighted by atomic mass is 79.9. The lowest BCUT2D eigenvalue weighted by atomic mass is 10.0. The van der Waals surface area contributed by atoms with Gasteiger partial charge in [-0.1, -0.05) is 62.2 Å². The molecular weight excluding hydrogens is 368 g/mol. The average molecular weight is 382 g/mol. The maximum atomic E-state index is 5.46. The smallest absolute Gasteiger partial charge is 0.0725 e. The van der Waals surface area contributed by atoms with Crippen molar-refractivity contribution in [1.82, 2.24) is 0 Å². The van der Waals surface area contributed by atoms with Gasteiger partial charge in [0, 0.05) is 9.30 Å². The summed E-state index contributed by atoms with van der Waals surface area (Å²) in [5.41, 5.74) is 5.32. The first kappa shape index (κ1) is 13.3. The Kier molecular flexibility index (Phi) is 4.06. The summed E-state index contributed by atoms with van der Waals surface area (Å²) in [6, 6.07) is 15.2. The normalized spacial score (nSPS) is 15.3. The molecule has 1 unspecified atom stereocenters. The zero-order chi connectivity index (χ0) is 13.2. The van der Waals surface area contributed by atoms with Crippen molar-refractivity contribution in [3.63, 3.8) is 0 Å². The number of benzene rings is 2. The van der Waals surface area contributed by atoms with Crippen molar-refractivity contribution in [2.45, 2.75) is 24.5 Å². The summed E-state index contributed by atoms with van der Waals surface area (Å²) < 4.78 is 6.58. The lowest BCUT2D eigenvalue weighted by Crippen LogP contribution is -1.97. The second-order valence-electron chi connectivity index (χ2n) is 4.82. The van der Waals surface area contributed by atoms with E-state index in [1.165, 1.54) is 22.3 Å². The van der Waals surface area contributed by atoms with Crippen molar-refractivity contribution >= 4 is 31.9 Å². The SMILES string of the molecule is Brc1ccc(CC(Br)c2ccc3c(c2)COC3)cc1. The summed E-state index contributed by atoms with van der Waals surface area (Å²) >= 11 is 7.26. The second-order valence-corrected chi connectivity index (χ2v) is 6.84. The maximum Gasteiger partial charge on any atom is 0.0725 e. The van der Waals surface area contributed by atoms with Crippen LogP contribution < -0.4 is 0 Å². The Labute approximate surface area is 130 Å². The third-order valence-electron chi connectivity index (χ3n) is 3.44. The van der Waals surface area contributed by atoms with Gasteiger partial charge < -0.3 is 4.74 Å². The van der Waals surface area contributed by atoms with E-state index in [1.807, 2.05) is 0 Å². The molecule has 0 N–H and O–H groups in total. The summed E-state index contributed by atoms with van der Waals surface area (Å²) in [6.45, 7) is 1.51. The molecule has 1 aliphatic heterocycles. The fourth-order valence-electron chi connectivity index (χ4n) is 2.33. The Bertz CT molecular complexity index is 578. The summed E-state index contributed by atoms with van der Waals surface area (Å²) in [4.78, 5) is 0.347. The molecule has 0 amide bonds. The lowest BCUT2D eigenvalue weighted by Gasteiger charge is -2.12. The van der Waals surface area contributed by atoms with Crippen molar-refractivity contribution in [3.8, 4) is 0 Å². The van der Waals surface area contributed by atoms with Crippen LogP contribution in [-0.4, -0.2) is 0 Å². The lowest BCUT2D eigenvalue weighted by molar-refractivity contribution is 0.134. The van der Waals surface area contributed by atoms with Crippen molar-refractivity contribution in [1.29, 1.82) is 0 Å². The molecule has 0 radical (unpaired) electrons. The first-order valence-electron chi connectivity index (χ1n) is 6.30. The van der Waals surface area contributed by atoms with Crippen LogP contribution in [0.15, 0.2) is 46.9 Å². The number of hydrogen-bond donors (Lipinski definition) is 0. The third-order valence-corrected chi connectivity index (χ3v) is 4.82. The van der Waals surface area contributed by atoms with Gasteiger partial charge >= 0.3 is 0 Å². The first-order valence-corrected chi connectivity index (χ1v) is 8.01. The fraction of sp³-hybridized carbons (Fsp3) is 0.250. The highest BCUT2D eigenvalue weighted by Crippen LogP contribution is 2.31. The summed E-state index contributed by atoms with van der Waals surface area (Å²) in [6.07, 6.45) is 0.993. The topological polar surface area (TPSA) is 9.23 Å². The van der Waals surface area contributed by atoms with Crippen molar-refractivity contribution in [2.24, 2.45) is 0 Å². The van der Waals surface area contributed by atoms with Gasteiger partial charge in [-0.15, -0.1) is 0 Å². The van der Waals surface area contributed by atoms with E-state index in [2.05, 4.69) is 74.3 Å².